The third kappa shape index (κ3) is 2.59. The second kappa shape index (κ2) is 5.62. The van der Waals surface area contributed by atoms with E-state index in [-0.39, 0.29) is 12.5 Å². The summed E-state index contributed by atoms with van der Waals surface area (Å²) >= 11 is 0. The Morgan fingerprint density at radius 2 is 2.20 bits per heavy atom. The summed E-state index contributed by atoms with van der Waals surface area (Å²) in [6.07, 6.45) is 0. The SMILES string of the molecule is Cc1n[nH]c2cc(Nc3cccc4c3C(=O)N(CC(=O)O)C4)ccc12. The molecule has 1 aliphatic heterocycles. The Morgan fingerprint density at radius 1 is 1.36 bits per heavy atom. The molecule has 0 spiro atoms. The summed E-state index contributed by atoms with van der Waals surface area (Å²) < 4.78 is 0. The molecule has 0 aliphatic carbocycles. The zero-order chi connectivity index (χ0) is 17.6. The van der Waals surface area contributed by atoms with Gasteiger partial charge in [0.15, 0.2) is 0 Å². The van der Waals surface area contributed by atoms with Gasteiger partial charge in [-0.15, -0.1) is 0 Å². The van der Waals surface area contributed by atoms with Gasteiger partial charge in [0.05, 0.1) is 22.5 Å². The molecule has 25 heavy (non-hydrogen) atoms. The monoisotopic (exact) mass is 336 g/mol. The van der Waals surface area contributed by atoms with Crippen molar-refractivity contribution in [2.45, 2.75) is 13.5 Å². The summed E-state index contributed by atoms with van der Waals surface area (Å²) in [5.74, 6) is -1.28. The number of carbonyl (C=O) groups is 2. The molecule has 1 amide bonds. The van der Waals surface area contributed by atoms with E-state index in [4.69, 9.17) is 5.11 Å². The van der Waals surface area contributed by atoms with Gasteiger partial charge >= 0.3 is 5.97 Å². The molecule has 0 bridgehead atoms. The topological polar surface area (TPSA) is 98.3 Å². The lowest BCUT2D eigenvalue weighted by molar-refractivity contribution is -0.137. The second-order valence-corrected chi connectivity index (χ2v) is 6.09. The number of aliphatic carboxylic acids is 1. The maximum Gasteiger partial charge on any atom is 0.323 e. The fourth-order valence-electron chi connectivity index (χ4n) is 3.20. The van der Waals surface area contributed by atoms with E-state index in [1.54, 1.807) is 0 Å². The van der Waals surface area contributed by atoms with Crippen molar-refractivity contribution in [1.29, 1.82) is 0 Å². The highest BCUT2D eigenvalue weighted by Crippen LogP contribution is 2.32. The molecule has 2 heterocycles. The van der Waals surface area contributed by atoms with Crippen LogP contribution in [0.15, 0.2) is 36.4 Å². The average Bonchev–Trinajstić information content (AvgIpc) is 3.09. The lowest BCUT2D eigenvalue weighted by atomic mass is 10.1. The van der Waals surface area contributed by atoms with E-state index < -0.39 is 5.97 Å². The summed E-state index contributed by atoms with van der Waals surface area (Å²) in [5.41, 5.74) is 4.70. The number of nitrogens with one attached hydrogen (secondary N) is 2. The standard InChI is InChI=1S/C18H16N4O3/c1-10-13-6-5-12(7-15(13)21-20-10)19-14-4-2-3-11-8-22(9-16(23)24)18(25)17(11)14/h2-7,19H,8-9H2,1H3,(H,20,21)(H,23,24). The molecule has 1 aromatic heterocycles. The van der Waals surface area contributed by atoms with E-state index in [1.165, 1.54) is 4.90 Å². The summed E-state index contributed by atoms with van der Waals surface area (Å²) in [6, 6.07) is 11.4. The number of aromatic amines is 1. The zero-order valence-electron chi connectivity index (χ0n) is 13.5. The van der Waals surface area contributed by atoms with Crippen LogP contribution in [-0.4, -0.2) is 38.6 Å². The van der Waals surface area contributed by atoms with Crippen molar-refractivity contribution in [2.24, 2.45) is 0 Å². The fraction of sp³-hybridized carbons (Fsp3) is 0.167. The molecule has 7 heteroatoms. The molecule has 0 fully saturated rings. The third-order valence-corrected chi connectivity index (χ3v) is 4.37. The Morgan fingerprint density at radius 3 is 3.00 bits per heavy atom. The van der Waals surface area contributed by atoms with Gasteiger partial charge in [-0.25, -0.2) is 0 Å². The van der Waals surface area contributed by atoms with Gasteiger partial charge in [0, 0.05) is 17.6 Å². The van der Waals surface area contributed by atoms with Gasteiger partial charge < -0.3 is 15.3 Å². The maximum atomic E-state index is 12.6. The number of nitrogens with zero attached hydrogens (tertiary/aromatic N) is 2. The molecule has 0 radical (unpaired) electrons. The predicted molar refractivity (Wildman–Crippen MR) is 92.9 cm³/mol. The van der Waals surface area contributed by atoms with E-state index in [9.17, 15) is 9.59 Å². The van der Waals surface area contributed by atoms with Crippen LogP contribution in [0.2, 0.25) is 0 Å². The van der Waals surface area contributed by atoms with E-state index in [2.05, 4.69) is 15.5 Å². The molecule has 0 atom stereocenters. The van der Waals surface area contributed by atoms with Gasteiger partial charge in [0.1, 0.15) is 6.54 Å². The molecule has 4 rings (SSSR count). The van der Waals surface area contributed by atoms with Gasteiger partial charge in [-0.1, -0.05) is 12.1 Å². The van der Waals surface area contributed by atoms with Crippen molar-refractivity contribution >= 4 is 34.2 Å². The molecule has 2 aromatic carbocycles. The van der Waals surface area contributed by atoms with E-state index in [0.29, 0.717) is 17.8 Å². The lowest BCUT2D eigenvalue weighted by Crippen LogP contribution is -2.30. The van der Waals surface area contributed by atoms with Gasteiger partial charge in [-0.05, 0) is 36.8 Å². The summed E-state index contributed by atoms with van der Waals surface area (Å²) in [4.78, 5) is 24.8. The number of H-pyrrole nitrogens is 1. The number of aromatic nitrogens is 2. The molecule has 0 saturated carbocycles. The Kier molecular flexibility index (Phi) is 3.42. The summed E-state index contributed by atoms with van der Waals surface area (Å²) in [7, 11) is 0. The first kappa shape index (κ1) is 15.2. The minimum atomic E-state index is -1.02. The van der Waals surface area contributed by atoms with Gasteiger partial charge in [-0.3, -0.25) is 14.7 Å². The first-order valence-electron chi connectivity index (χ1n) is 7.87. The van der Waals surface area contributed by atoms with Crippen molar-refractivity contribution in [2.75, 3.05) is 11.9 Å². The molecule has 7 nitrogen and oxygen atoms in total. The number of amides is 1. The largest absolute Gasteiger partial charge is 0.480 e. The molecule has 126 valence electrons. The van der Waals surface area contributed by atoms with E-state index in [1.807, 2.05) is 43.3 Å². The van der Waals surface area contributed by atoms with Crippen LogP contribution in [0, 0.1) is 6.92 Å². The summed E-state index contributed by atoms with van der Waals surface area (Å²) in [5, 5.41) is 20.4. The Balaban J connectivity index is 1.67. The number of fused-ring (bicyclic) bond motifs is 2. The highest BCUT2D eigenvalue weighted by molar-refractivity contribution is 6.05. The smallest absolute Gasteiger partial charge is 0.323 e. The molecule has 0 unspecified atom stereocenters. The zero-order valence-corrected chi connectivity index (χ0v) is 13.5. The maximum absolute atomic E-state index is 12.6. The Hall–Kier alpha value is -3.35. The minimum Gasteiger partial charge on any atom is -0.480 e. The number of benzene rings is 2. The Bertz CT molecular complexity index is 1010. The molecule has 1 aliphatic rings. The van der Waals surface area contributed by atoms with Gasteiger partial charge in [-0.2, -0.15) is 5.10 Å². The number of hydrogen-bond acceptors (Lipinski definition) is 4. The number of carboxylic acids is 1. The van der Waals surface area contributed by atoms with Crippen molar-refractivity contribution in [3.8, 4) is 0 Å². The van der Waals surface area contributed by atoms with Gasteiger partial charge in [0.2, 0.25) is 0 Å². The molecule has 3 aromatic rings. The quantitative estimate of drug-likeness (QED) is 0.680. The van der Waals surface area contributed by atoms with Crippen molar-refractivity contribution in [3.05, 3.63) is 53.2 Å². The first-order valence-corrected chi connectivity index (χ1v) is 7.87. The van der Waals surface area contributed by atoms with E-state index in [0.717, 1.165) is 27.8 Å². The molecule has 3 N–H and O–H groups in total. The highest BCUT2D eigenvalue weighted by Gasteiger charge is 2.31. The highest BCUT2D eigenvalue weighted by atomic mass is 16.4. The van der Waals surface area contributed by atoms with Crippen LogP contribution in [0.4, 0.5) is 11.4 Å². The molecular formula is C18H16N4O3. The predicted octanol–water partition coefficient (Wildman–Crippen LogP) is 2.66. The van der Waals surface area contributed by atoms with Crippen molar-refractivity contribution in [1.82, 2.24) is 15.1 Å². The van der Waals surface area contributed by atoms with Crippen LogP contribution in [0.5, 0.6) is 0 Å². The van der Waals surface area contributed by atoms with Crippen LogP contribution in [-0.2, 0) is 11.3 Å². The van der Waals surface area contributed by atoms with Crippen LogP contribution in [0.1, 0.15) is 21.6 Å². The van der Waals surface area contributed by atoms with Crippen LogP contribution < -0.4 is 5.32 Å². The number of rotatable bonds is 4. The van der Waals surface area contributed by atoms with E-state index >= 15 is 0 Å². The summed E-state index contributed by atoms with van der Waals surface area (Å²) in [6.45, 7) is 1.95. The average molecular weight is 336 g/mol. The second-order valence-electron chi connectivity index (χ2n) is 6.09. The van der Waals surface area contributed by atoms with Gasteiger partial charge in [0.25, 0.3) is 5.91 Å². The minimum absolute atomic E-state index is 0.265. The number of anilines is 2. The lowest BCUT2D eigenvalue weighted by Gasteiger charge is -2.13. The van der Waals surface area contributed by atoms with Crippen LogP contribution in [0.3, 0.4) is 0 Å². The number of aryl methyl sites for hydroxylation is 1. The number of hydrogen-bond donors (Lipinski definition) is 3. The fourth-order valence-corrected chi connectivity index (χ4v) is 3.20. The molecular weight excluding hydrogens is 320 g/mol. The van der Waals surface area contributed by atoms with Crippen molar-refractivity contribution < 1.29 is 14.7 Å². The van der Waals surface area contributed by atoms with Crippen LogP contribution in [0.25, 0.3) is 10.9 Å². The molecule has 0 saturated heterocycles. The number of carbonyl (C=O) groups excluding carboxylic acids is 1. The normalized spacial score (nSPS) is 13.3. The third-order valence-electron chi connectivity index (χ3n) is 4.37. The first-order chi connectivity index (χ1) is 12.0. The Labute approximate surface area is 143 Å². The van der Waals surface area contributed by atoms with Crippen LogP contribution >= 0.6 is 0 Å². The number of carboxylic acid groups (broad SMARTS) is 1. The van der Waals surface area contributed by atoms with Crippen molar-refractivity contribution in [3.63, 3.8) is 0 Å².